The summed E-state index contributed by atoms with van der Waals surface area (Å²) in [7, 11) is 0. The zero-order chi connectivity index (χ0) is 17.9. The molecule has 132 valence electrons. The standard InChI is InChI=1S/C17H26ClN5O/c1-6-22-15(10-14(21-22)11(2)3)17(24)19-8-7-9-23-13(5)16(18)12(4)20-23/h10-11H,6-9H2,1-5H3,(H,19,24). The Hall–Kier alpha value is -1.82. The molecular formula is C17H26ClN5O. The van der Waals surface area contributed by atoms with Gasteiger partial charge < -0.3 is 5.32 Å². The third-order valence-corrected chi connectivity index (χ3v) is 4.59. The van der Waals surface area contributed by atoms with Crippen LogP contribution in [0.2, 0.25) is 5.02 Å². The molecule has 0 unspecified atom stereocenters. The van der Waals surface area contributed by atoms with Crippen molar-refractivity contribution in [3.8, 4) is 0 Å². The molecule has 0 aliphatic rings. The van der Waals surface area contributed by atoms with E-state index in [4.69, 9.17) is 11.6 Å². The van der Waals surface area contributed by atoms with E-state index in [1.54, 1.807) is 4.68 Å². The molecule has 0 atom stereocenters. The van der Waals surface area contributed by atoms with Crippen LogP contribution in [0.5, 0.6) is 0 Å². The van der Waals surface area contributed by atoms with Crippen LogP contribution >= 0.6 is 11.6 Å². The lowest BCUT2D eigenvalue weighted by atomic mass is 10.1. The number of carbonyl (C=O) groups is 1. The van der Waals surface area contributed by atoms with Crippen LogP contribution in [-0.4, -0.2) is 32.0 Å². The van der Waals surface area contributed by atoms with E-state index in [1.165, 1.54) is 0 Å². The third-order valence-electron chi connectivity index (χ3n) is 4.05. The van der Waals surface area contributed by atoms with Crippen molar-refractivity contribution in [1.29, 1.82) is 0 Å². The van der Waals surface area contributed by atoms with Crippen LogP contribution in [0, 0.1) is 13.8 Å². The minimum absolute atomic E-state index is 0.0809. The molecule has 0 spiro atoms. The Morgan fingerprint density at radius 1 is 1.29 bits per heavy atom. The van der Waals surface area contributed by atoms with Crippen LogP contribution < -0.4 is 5.32 Å². The van der Waals surface area contributed by atoms with Gasteiger partial charge in [0.1, 0.15) is 5.69 Å². The SMILES string of the molecule is CCn1nc(C(C)C)cc1C(=O)NCCCn1nc(C)c(Cl)c1C. The van der Waals surface area contributed by atoms with E-state index in [0.717, 1.165) is 30.0 Å². The van der Waals surface area contributed by atoms with Gasteiger partial charge in [-0.2, -0.15) is 10.2 Å². The minimum Gasteiger partial charge on any atom is -0.351 e. The predicted octanol–water partition coefficient (Wildman–Crippen LogP) is 3.31. The molecule has 6 nitrogen and oxygen atoms in total. The van der Waals surface area contributed by atoms with Crippen LogP contribution in [0.3, 0.4) is 0 Å². The van der Waals surface area contributed by atoms with Crippen LogP contribution in [0.4, 0.5) is 0 Å². The lowest BCUT2D eigenvalue weighted by Crippen LogP contribution is -2.27. The molecule has 1 N–H and O–H groups in total. The molecule has 0 aliphatic carbocycles. The maximum Gasteiger partial charge on any atom is 0.269 e. The topological polar surface area (TPSA) is 64.7 Å². The highest BCUT2D eigenvalue weighted by atomic mass is 35.5. The van der Waals surface area contributed by atoms with Gasteiger partial charge in [-0.3, -0.25) is 14.2 Å². The zero-order valence-corrected chi connectivity index (χ0v) is 15.8. The summed E-state index contributed by atoms with van der Waals surface area (Å²) in [6.07, 6.45) is 0.793. The summed E-state index contributed by atoms with van der Waals surface area (Å²) in [6.45, 7) is 12.0. The molecule has 2 heterocycles. The van der Waals surface area contributed by atoms with E-state index in [2.05, 4.69) is 29.4 Å². The molecule has 2 rings (SSSR count). The molecule has 1 amide bonds. The second-order valence-corrected chi connectivity index (χ2v) is 6.62. The number of aryl methyl sites for hydroxylation is 3. The molecule has 0 aliphatic heterocycles. The Kier molecular flexibility index (Phi) is 6.04. The summed E-state index contributed by atoms with van der Waals surface area (Å²) < 4.78 is 3.64. The highest BCUT2D eigenvalue weighted by Crippen LogP contribution is 2.19. The molecule has 0 aromatic carbocycles. The van der Waals surface area contributed by atoms with Crippen LogP contribution in [-0.2, 0) is 13.1 Å². The van der Waals surface area contributed by atoms with Gasteiger partial charge in [0.2, 0.25) is 0 Å². The summed E-state index contributed by atoms with van der Waals surface area (Å²) in [4.78, 5) is 12.4. The molecule has 0 saturated heterocycles. The fraction of sp³-hybridized carbons (Fsp3) is 0.588. The monoisotopic (exact) mass is 351 g/mol. The second kappa shape index (κ2) is 7.83. The number of amides is 1. The first-order chi connectivity index (χ1) is 11.3. The molecule has 2 aromatic rings. The number of hydrogen-bond donors (Lipinski definition) is 1. The van der Waals surface area contributed by atoms with E-state index < -0.39 is 0 Å². The van der Waals surface area contributed by atoms with Crippen molar-refractivity contribution in [2.24, 2.45) is 0 Å². The lowest BCUT2D eigenvalue weighted by molar-refractivity contribution is 0.0942. The summed E-state index contributed by atoms with van der Waals surface area (Å²) in [6, 6.07) is 1.88. The highest BCUT2D eigenvalue weighted by Gasteiger charge is 2.16. The van der Waals surface area contributed by atoms with Gasteiger partial charge in [0.05, 0.1) is 22.1 Å². The van der Waals surface area contributed by atoms with Crippen molar-refractivity contribution >= 4 is 17.5 Å². The van der Waals surface area contributed by atoms with Gasteiger partial charge in [-0.1, -0.05) is 25.4 Å². The van der Waals surface area contributed by atoms with Crippen molar-refractivity contribution in [3.05, 3.63) is 33.9 Å². The third kappa shape index (κ3) is 3.98. The number of hydrogen-bond acceptors (Lipinski definition) is 3. The van der Waals surface area contributed by atoms with E-state index in [0.29, 0.717) is 29.7 Å². The Labute approximate surface area is 148 Å². The predicted molar refractivity (Wildman–Crippen MR) is 95.7 cm³/mol. The fourth-order valence-electron chi connectivity index (χ4n) is 2.56. The highest BCUT2D eigenvalue weighted by molar-refractivity contribution is 6.31. The number of nitrogens with zero attached hydrogens (tertiary/aromatic N) is 4. The first-order valence-corrected chi connectivity index (χ1v) is 8.78. The smallest absolute Gasteiger partial charge is 0.269 e. The van der Waals surface area contributed by atoms with E-state index in [1.807, 2.05) is 31.5 Å². The first-order valence-electron chi connectivity index (χ1n) is 8.40. The van der Waals surface area contributed by atoms with Gasteiger partial charge in [-0.15, -0.1) is 0 Å². The average Bonchev–Trinajstić information content (AvgIpc) is 3.09. The van der Waals surface area contributed by atoms with Crippen molar-refractivity contribution < 1.29 is 4.79 Å². The molecule has 0 radical (unpaired) electrons. The van der Waals surface area contributed by atoms with E-state index in [-0.39, 0.29) is 5.91 Å². The number of aromatic nitrogens is 4. The van der Waals surface area contributed by atoms with Gasteiger partial charge in [0, 0.05) is 19.6 Å². The summed E-state index contributed by atoms with van der Waals surface area (Å²) in [5.41, 5.74) is 3.37. The van der Waals surface area contributed by atoms with Crippen molar-refractivity contribution in [2.75, 3.05) is 6.54 Å². The van der Waals surface area contributed by atoms with Crippen molar-refractivity contribution in [3.63, 3.8) is 0 Å². The van der Waals surface area contributed by atoms with Crippen molar-refractivity contribution in [1.82, 2.24) is 24.9 Å². The summed E-state index contributed by atoms with van der Waals surface area (Å²) in [5.74, 6) is 0.225. The quantitative estimate of drug-likeness (QED) is 0.778. The van der Waals surface area contributed by atoms with Crippen LogP contribution in [0.25, 0.3) is 0 Å². The Balaban J connectivity index is 1.90. The Morgan fingerprint density at radius 3 is 2.54 bits per heavy atom. The molecule has 0 saturated carbocycles. The van der Waals surface area contributed by atoms with Gasteiger partial charge in [-0.05, 0) is 39.2 Å². The van der Waals surface area contributed by atoms with Crippen LogP contribution in [0.15, 0.2) is 6.07 Å². The molecule has 0 fully saturated rings. The Morgan fingerprint density at radius 2 is 2.00 bits per heavy atom. The maximum absolute atomic E-state index is 12.4. The van der Waals surface area contributed by atoms with E-state index in [9.17, 15) is 4.79 Å². The summed E-state index contributed by atoms with van der Waals surface area (Å²) in [5, 5.41) is 12.5. The van der Waals surface area contributed by atoms with E-state index >= 15 is 0 Å². The fourth-order valence-corrected chi connectivity index (χ4v) is 2.69. The molecular weight excluding hydrogens is 326 g/mol. The number of halogens is 1. The van der Waals surface area contributed by atoms with Crippen LogP contribution in [0.1, 0.15) is 60.7 Å². The summed E-state index contributed by atoms with van der Waals surface area (Å²) >= 11 is 6.14. The molecule has 7 heteroatoms. The number of nitrogens with one attached hydrogen (secondary N) is 1. The average molecular weight is 352 g/mol. The molecule has 2 aromatic heterocycles. The lowest BCUT2D eigenvalue weighted by Gasteiger charge is -2.07. The zero-order valence-electron chi connectivity index (χ0n) is 15.1. The van der Waals surface area contributed by atoms with Gasteiger partial charge in [0.15, 0.2) is 0 Å². The van der Waals surface area contributed by atoms with Gasteiger partial charge in [-0.25, -0.2) is 0 Å². The normalized spacial score (nSPS) is 11.3. The maximum atomic E-state index is 12.4. The van der Waals surface area contributed by atoms with Crippen molar-refractivity contribution in [2.45, 2.75) is 60.0 Å². The second-order valence-electron chi connectivity index (χ2n) is 6.24. The first kappa shape index (κ1) is 18.5. The molecule has 24 heavy (non-hydrogen) atoms. The number of rotatable bonds is 7. The largest absolute Gasteiger partial charge is 0.351 e. The number of carbonyl (C=O) groups excluding carboxylic acids is 1. The minimum atomic E-state index is -0.0809. The van der Waals surface area contributed by atoms with Gasteiger partial charge >= 0.3 is 0 Å². The van der Waals surface area contributed by atoms with Gasteiger partial charge in [0.25, 0.3) is 5.91 Å². The Bertz CT molecular complexity index is 717. The molecule has 0 bridgehead atoms.